The van der Waals surface area contributed by atoms with Crippen molar-refractivity contribution in [3.05, 3.63) is 27.1 Å². The van der Waals surface area contributed by atoms with E-state index in [1.54, 1.807) is 0 Å². The summed E-state index contributed by atoms with van der Waals surface area (Å²) in [5, 5.41) is 6.08. The molecule has 1 atom stereocenters. The van der Waals surface area contributed by atoms with E-state index >= 15 is 0 Å². The third-order valence-corrected chi connectivity index (χ3v) is 3.72. The van der Waals surface area contributed by atoms with Crippen molar-refractivity contribution in [3.63, 3.8) is 0 Å². The van der Waals surface area contributed by atoms with Gasteiger partial charge < -0.3 is 10.6 Å². The van der Waals surface area contributed by atoms with Crippen molar-refractivity contribution in [3.8, 4) is 0 Å². The largest absolute Gasteiger partial charge is 0.324 e. The van der Waals surface area contributed by atoms with Gasteiger partial charge in [0, 0.05) is 8.95 Å². The van der Waals surface area contributed by atoms with Crippen molar-refractivity contribution in [2.24, 2.45) is 0 Å². The van der Waals surface area contributed by atoms with Crippen LogP contribution in [0.2, 0.25) is 0 Å². The highest BCUT2D eigenvalue weighted by Gasteiger charge is 2.22. The number of anilines is 1. The number of amides is 1. The third-order valence-electron chi connectivity index (χ3n) is 2.57. The maximum absolute atomic E-state index is 11.8. The Kier molecular flexibility index (Phi) is 4.00. The molecular weight excluding hydrogens is 336 g/mol. The molecule has 1 saturated heterocycles. The molecule has 0 unspecified atom stereocenters. The Morgan fingerprint density at radius 3 is 2.88 bits per heavy atom. The first kappa shape index (κ1) is 12.1. The lowest BCUT2D eigenvalue weighted by molar-refractivity contribution is -0.117. The monoisotopic (exact) mass is 346 g/mol. The van der Waals surface area contributed by atoms with Crippen molar-refractivity contribution in [2.75, 3.05) is 11.9 Å². The minimum absolute atomic E-state index is 0.0422. The van der Waals surface area contributed by atoms with Crippen LogP contribution in [0.15, 0.2) is 27.1 Å². The molecule has 1 fully saturated rings. The predicted octanol–water partition coefficient (Wildman–Crippen LogP) is 2.90. The van der Waals surface area contributed by atoms with E-state index in [9.17, 15) is 4.79 Å². The second-order valence-corrected chi connectivity index (χ2v) is 5.53. The van der Waals surface area contributed by atoms with Crippen molar-refractivity contribution < 1.29 is 4.79 Å². The normalized spacial score (nSPS) is 19.8. The molecule has 3 nitrogen and oxygen atoms in total. The van der Waals surface area contributed by atoms with Gasteiger partial charge >= 0.3 is 0 Å². The smallest absolute Gasteiger partial charge is 0.241 e. The summed E-state index contributed by atoms with van der Waals surface area (Å²) < 4.78 is 1.87. The van der Waals surface area contributed by atoms with Crippen molar-refractivity contribution in [1.82, 2.24) is 5.32 Å². The molecule has 1 aromatic rings. The number of hydrogen-bond donors (Lipinski definition) is 2. The Labute approximate surface area is 111 Å². The van der Waals surface area contributed by atoms with Crippen molar-refractivity contribution >= 4 is 43.5 Å². The fourth-order valence-corrected chi connectivity index (χ4v) is 2.87. The van der Waals surface area contributed by atoms with E-state index in [-0.39, 0.29) is 11.9 Å². The number of nitrogens with one attached hydrogen (secondary N) is 2. The number of hydrogen-bond acceptors (Lipinski definition) is 2. The average molecular weight is 348 g/mol. The van der Waals surface area contributed by atoms with E-state index in [1.165, 1.54) is 0 Å². The van der Waals surface area contributed by atoms with E-state index in [4.69, 9.17) is 0 Å². The van der Waals surface area contributed by atoms with Gasteiger partial charge in [0.1, 0.15) is 0 Å². The summed E-state index contributed by atoms with van der Waals surface area (Å²) in [5.74, 6) is 0.0422. The van der Waals surface area contributed by atoms with Gasteiger partial charge in [-0.05, 0) is 53.5 Å². The first-order valence-corrected chi connectivity index (χ1v) is 6.75. The molecule has 1 aliphatic heterocycles. The summed E-state index contributed by atoms with van der Waals surface area (Å²) in [4.78, 5) is 11.8. The maximum Gasteiger partial charge on any atom is 0.241 e. The van der Waals surface area contributed by atoms with E-state index in [1.807, 2.05) is 18.2 Å². The Bertz CT molecular complexity index is 403. The molecule has 0 radical (unpaired) electrons. The molecule has 0 aliphatic carbocycles. The quantitative estimate of drug-likeness (QED) is 0.863. The van der Waals surface area contributed by atoms with E-state index in [0.29, 0.717) is 0 Å². The number of benzene rings is 1. The topological polar surface area (TPSA) is 41.1 Å². The average Bonchev–Trinajstić information content (AvgIpc) is 2.75. The van der Waals surface area contributed by atoms with Gasteiger partial charge in [-0.25, -0.2) is 0 Å². The van der Waals surface area contributed by atoms with Gasteiger partial charge in [0.2, 0.25) is 5.91 Å². The molecule has 1 amide bonds. The predicted molar refractivity (Wildman–Crippen MR) is 71.5 cm³/mol. The molecule has 1 aliphatic rings. The van der Waals surface area contributed by atoms with Gasteiger partial charge in [-0.1, -0.05) is 15.9 Å². The summed E-state index contributed by atoms with van der Waals surface area (Å²) in [6.45, 7) is 0.930. The first-order valence-electron chi connectivity index (χ1n) is 5.16. The number of carbonyl (C=O) groups is 1. The minimum Gasteiger partial charge on any atom is -0.324 e. The SMILES string of the molecule is O=C(Nc1ccc(Br)cc1Br)[C@H]1CCCN1. The Balaban J connectivity index is 2.05. The summed E-state index contributed by atoms with van der Waals surface area (Å²) in [5.41, 5.74) is 0.807. The van der Waals surface area contributed by atoms with Crippen LogP contribution in [0.25, 0.3) is 0 Å². The molecule has 0 aromatic heterocycles. The van der Waals surface area contributed by atoms with Crippen molar-refractivity contribution in [1.29, 1.82) is 0 Å². The highest BCUT2D eigenvalue weighted by molar-refractivity contribution is 9.11. The zero-order valence-corrected chi connectivity index (χ0v) is 11.8. The Morgan fingerprint density at radius 1 is 1.44 bits per heavy atom. The van der Waals surface area contributed by atoms with Crippen LogP contribution in [-0.2, 0) is 4.79 Å². The van der Waals surface area contributed by atoms with E-state index in [2.05, 4.69) is 42.5 Å². The molecule has 86 valence electrons. The van der Waals surface area contributed by atoms with Crippen LogP contribution in [0.4, 0.5) is 5.69 Å². The van der Waals surface area contributed by atoms with Crippen LogP contribution in [0.3, 0.4) is 0 Å². The maximum atomic E-state index is 11.8. The number of rotatable bonds is 2. The van der Waals surface area contributed by atoms with Crippen molar-refractivity contribution in [2.45, 2.75) is 18.9 Å². The van der Waals surface area contributed by atoms with E-state index < -0.39 is 0 Å². The highest BCUT2D eigenvalue weighted by Crippen LogP contribution is 2.26. The molecule has 0 saturated carbocycles. The van der Waals surface area contributed by atoms with Crippen LogP contribution < -0.4 is 10.6 Å². The molecular formula is C11H12Br2N2O. The lowest BCUT2D eigenvalue weighted by atomic mass is 10.2. The van der Waals surface area contributed by atoms with Crippen LogP contribution in [0, 0.1) is 0 Å². The number of carbonyl (C=O) groups excluding carboxylic acids is 1. The molecule has 2 N–H and O–H groups in total. The summed E-state index contributed by atoms with van der Waals surface area (Å²) in [7, 11) is 0. The second kappa shape index (κ2) is 5.29. The summed E-state index contributed by atoms with van der Waals surface area (Å²) in [6.07, 6.45) is 1.99. The molecule has 0 bridgehead atoms. The van der Waals surface area contributed by atoms with Gasteiger partial charge in [-0.3, -0.25) is 4.79 Å². The van der Waals surface area contributed by atoms with E-state index in [0.717, 1.165) is 34.0 Å². The molecule has 2 rings (SSSR count). The zero-order chi connectivity index (χ0) is 11.5. The fraction of sp³-hybridized carbons (Fsp3) is 0.364. The third kappa shape index (κ3) is 2.84. The standard InChI is InChI=1S/C11H12Br2N2O/c12-7-3-4-9(8(13)6-7)15-11(16)10-2-1-5-14-10/h3-4,6,10,14H,1-2,5H2,(H,15,16)/t10-/m1/s1. The van der Waals surface area contributed by atoms with Crippen LogP contribution in [0.5, 0.6) is 0 Å². The van der Waals surface area contributed by atoms with Gasteiger partial charge in [0.05, 0.1) is 11.7 Å². The summed E-state index contributed by atoms with van der Waals surface area (Å²) in [6, 6.07) is 5.65. The minimum atomic E-state index is -0.0458. The van der Waals surface area contributed by atoms with Crippen LogP contribution >= 0.6 is 31.9 Å². The Morgan fingerprint density at radius 2 is 2.25 bits per heavy atom. The fourth-order valence-electron chi connectivity index (χ4n) is 1.72. The lowest BCUT2D eigenvalue weighted by Crippen LogP contribution is -2.35. The zero-order valence-electron chi connectivity index (χ0n) is 8.59. The molecule has 5 heteroatoms. The summed E-state index contributed by atoms with van der Waals surface area (Å²) >= 11 is 6.79. The molecule has 0 spiro atoms. The Hall–Kier alpha value is -0.390. The number of halogens is 2. The van der Waals surface area contributed by atoms with Crippen LogP contribution in [-0.4, -0.2) is 18.5 Å². The lowest BCUT2D eigenvalue weighted by Gasteiger charge is -2.12. The second-order valence-electron chi connectivity index (χ2n) is 3.76. The van der Waals surface area contributed by atoms with Gasteiger partial charge in [-0.15, -0.1) is 0 Å². The molecule has 16 heavy (non-hydrogen) atoms. The van der Waals surface area contributed by atoms with Gasteiger partial charge in [0.15, 0.2) is 0 Å². The van der Waals surface area contributed by atoms with Gasteiger partial charge in [-0.2, -0.15) is 0 Å². The first-order chi connectivity index (χ1) is 7.66. The highest BCUT2D eigenvalue weighted by atomic mass is 79.9. The van der Waals surface area contributed by atoms with Gasteiger partial charge in [0.25, 0.3) is 0 Å². The molecule has 1 aromatic carbocycles. The molecule has 1 heterocycles. The van der Waals surface area contributed by atoms with Crippen LogP contribution in [0.1, 0.15) is 12.8 Å².